The highest BCUT2D eigenvalue weighted by Gasteiger charge is 2.34. The molecule has 1 saturated heterocycles. The Kier molecular flexibility index (Phi) is 5.73. The van der Waals surface area contributed by atoms with E-state index in [2.05, 4.69) is 10.3 Å². The molecule has 0 saturated carbocycles. The second-order valence-electron chi connectivity index (χ2n) is 7.71. The highest BCUT2D eigenvalue weighted by atomic mass is 16.4. The first-order valence-electron chi connectivity index (χ1n) is 10.1. The molecule has 1 fully saturated rings. The van der Waals surface area contributed by atoms with E-state index in [1.54, 1.807) is 48.7 Å². The number of carbonyl (C=O) groups is 3. The van der Waals surface area contributed by atoms with Crippen LogP contribution < -0.4 is 5.32 Å². The van der Waals surface area contributed by atoms with Crippen LogP contribution in [-0.2, 0) is 9.59 Å². The molecule has 2 aromatic carbocycles. The minimum Gasteiger partial charge on any atom is -0.481 e. The summed E-state index contributed by atoms with van der Waals surface area (Å²) in [7, 11) is 0. The molecular formula is C23H23N3O5. The molecule has 0 bridgehead atoms. The number of carbonyl (C=O) groups excluding carboxylic acids is 1. The van der Waals surface area contributed by atoms with Gasteiger partial charge in [-0.05, 0) is 37.1 Å². The highest BCUT2D eigenvalue weighted by molar-refractivity contribution is 6.05. The van der Waals surface area contributed by atoms with Crippen LogP contribution in [0.1, 0.15) is 34.8 Å². The number of aromatic nitrogens is 1. The minimum absolute atomic E-state index is 0.226. The van der Waals surface area contributed by atoms with Crippen molar-refractivity contribution in [3.63, 3.8) is 0 Å². The molecule has 2 heterocycles. The zero-order valence-corrected chi connectivity index (χ0v) is 16.7. The van der Waals surface area contributed by atoms with Crippen LogP contribution in [0.3, 0.4) is 0 Å². The number of anilines is 1. The van der Waals surface area contributed by atoms with Gasteiger partial charge in [0, 0.05) is 47.0 Å². The second kappa shape index (κ2) is 8.61. The van der Waals surface area contributed by atoms with Crippen LogP contribution >= 0.6 is 0 Å². The number of hydrogen-bond donors (Lipinski definition) is 4. The number of fused-ring (bicyclic) bond motifs is 1. The van der Waals surface area contributed by atoms with Crippen LogP contribution in [-0.4, -0.2) is 51.0 Å². The fourth-order valence-corrected chi connectivity index (χ4v) is 4.14. The standard InChI is InChI=1S/C23H23N3O5/c27-21(14-4-2-1-3-5-14)25-16-6-7-17-18(13-24-19(17)12-16)20(23(30)31)26-10-8-15(9-11-26)22(28)29/h1-7,12-13,15,20,24H,8-11H2,(H,25,27)(H,28,29)(H,30,31)/t20-/m0/s1. The van der Waals surface area contributed by atoms with E-state index in [0.717, 1.165) is 5.39 Å². The number of H-pyrrole nitrogens is 1. The van der Waals surface area contributed by atoms with E-state index in [4.69, 9.17) is 0 Å². The first-order valence-corrected chi connectivity index (χ1v) is 10.1. The maximum Gasteiger partial charge on any atom is 0.325 e. The Balaban J connectivity index is 1.56. The van der Waals surface area contributed by atoms with Gasteiger partial charge in [-0.15, -0.1) is 0 Å². The van der Waals surface area contributed by atoms with Gasteiger partial charge in [0.05, 0.1) is 5.92 Å². The number of amides is 1. The number of carboxylic acid groups (broad SMARTS) is 2. The van der Waals surface area contributed by atoms with Crippen LogP contribution in [0.2, 0.25) is 0 Å². The summed E-state index contributed by atoms with van der Waals surface area (Å²) in [4.78, 5) is 40.6. The molecular weight excluding hydrogens is 398 g/mol. The van der Waals surface area contributed by atoms with Gasteiger partial charge in [-0.3, -0.25) is 19.3 Å². The largest absolute Gasteiger partial charge is 0.481 e. The summed E-state index contributed by atoms with van der Waals surface area (Å²) < 4.78 is 0. The van der Waals surface area contributed by atoms with E-state index in [0.29, 0.717) is 48.3 Å². The zero-order chi connectivity index (χ0) is 22.0. The number of piperidine rings is 1. The van der Waals surface area contributed by atoms with Crippen molar-refractivity contribution in [2.24, 2.45) is 5.92 Å². The van der Waals surface area contributed by atoms with Gasteiger partial charge in [-0.1, -0.05) is 24.3 Å². The number of nitrogens with zero attached hydrogens (tertiary/aromatic N) is 1. The number of likely N-dealkylation sites (tertiary alicyclic amines) is 1. The molecule has 1 aliphatic rings. The van der Waals surface area contributed by atoms with Gasteiger partial charge in [0.15, 0.2) is 0 Å². The monoisotopic (exact) mass is 421 g/mol. The van der Waals surface area contributed by atoms with Gasteiger partial charge < -0.3 is 20.5 Å². The maximum absolute atomic E-state index is 12.4. The van der Waals surface area contributed by atoms with Crippen LogP contribution in [0.5, 0.6) is 0 Å². The smallest absolute Gasteiger partial charge is 0.325 e. The Morgan fingerprint density at radius 2 is 1.74 bits per heavy atom. The normalized spacial score (nSPS) is 16.1. The van der Waals surface area contributed by atoms with Crippen LogP contribution in [0.25, 0.3) is 10.9 Å². The number of benzene rings is 2. The third-order valence-corrected chi connectivity index (χ3v) is 5.78. The topological polar surface area (TPSA) is 123 Å². The minimum atomic E-state index is -0.976. The predicted octanol–water partition coefficient (Wildman–Crippen LogP) is 3.34. The molecule has 0 unspecified atom stereocenters. The second-order valence-corrected chi connectivity index (χ2v) is 7.71. The van der Waals surface area contributed by atoms with E-state index in [1.165, 1.54) is 0 Å². The van der Waals surface area contributed by atoms with Gasteiger partial charge in [0.2, 0.25) is 0 Å². The Labute approximate surface area is 178 Å². The molecule has 4 N–H and O–H groups in total. The summed E-state index contributed by atoms with van der Waals surface area (Å²) in [6, 6.07) is 13.3. The SMILES string of the molecule is O=C(Nc1ccc2c([C@@H](C(=O)O)N3CCC(C(=O)O)CC3)c[nH]c2c1)c1ccccc1. The molecule has 0 aliphatic carbocycles. The third kappa shape index (κ3) is 4.29. The van der Waals surface area contributed by atoms with E-state index in [1.807, 2.05) is 11.0 Å². The Morgan fingerprint density at radius 1 is 1.03 bits per heavy atom. The zero-order valence-electron chi connectivity index (χ0n) is 16.7. The van der Waals surface area contributed by atoms with Crippen molar-refractivity contribution in [3.8, 4) is 0 Å². The molecule has 0 radical (unpaired) electrons. The van der Waals surface area contributed by atoms with Crippen LogP contribution in [0.4, 0.5) is 5.69 Å². The number of rotatable bonds is 6. The molecule has 4 rings (SSSR count). The molecule has 1 aromatic heterocycles. The fraction of sp³-hybridized carbons (Fsp3) is 0.261. The molecule has 31 heavy (non-hydrogen) atoms. The first kappa shape index (κ1) is 20.6. The summed E-state index contributed by atoms with van der Waals surface area (Å²) in [5, 5.41) is 22.7. The Bertz CT molecular complexity index is 1120. The van der Waals surface area contributed by atoms with E-state index in [-0.39, 0.29) is 5.91 Å². The average Bonchev–Trinajstić information content (AvgIpc) is 3.17. The highest BCUT2D eigenvalue weighted by Crippen LogP contribution is 2.33. The summed E-state index contributed by atoms with van der Waals surface area (Å²) in [5.41, 5.74) is 2.49. The molecule has 160 valence electrons. The van der Waals surface area contributed by atoms with Gasteiger partial charge in [0.25, 0.3) is 5.91 Å². The van der Waals surface area contributed by atoms with Crippen molar-refractivity contribution in [2.45, 2.75) is 18.9 Å². The van der Waals surface area contributed by atoms with E-state index in [9.17, 15) is 24.6 Å². The Morgan fingerprint density at radius 3 is 2.39 bits per heavy atom. The molecule has 1 amide bonds. The van der Waals surface area contributed by atoms with E-state index < -0.39 is 23.9 Å². The molecule has 8 heteroatoms. The van der Waals surface area contributed by atoms with Crippen molar-refractivity contribution in [1.82, 2.24) is 9.88 Å². The van der Waals surface area contributed by atoms with Crippen molar-refractivity contribution in [2.75, 3.05) is 18.4 Å². The summed E-state index contributed by atoms with van der Waals surface area (Å²) in [6.07, 6.45) is 2.53. The van der Waals surface area contributed by atoms with Gasteiger partial charge in [-0.2, -0.15) is 0 Å². The lowest BCUT2D eigenvalue weighted by molar-refractivity contribution is -0.146. The molecule has 3 aromatic rings. The van der Waals surface area contributed by atoms with Gasteiger partial charge in [-0.25, -0.2) is 0 Å². The number of aromatic amines is 1. The Hall–Kier alpha value is -3.65. The van der Waals surface area contributed by atoms with Crippen molar-refractivity contribution in [3.05, 3.63) is 65.9 Å². The van der Waals surface area contributed by atoms with Crippen molar-refractivity contribution >= 4 is 34.4 Å². The average molecular weight is 421 g/mol. The van der Waals surface area contributed by atoms with Gasteiger partial charge >= 0.3 is 11.9 Å². The number of aliphatic carboxylic acids is 2. The predicted molar refractivity (Wildman–Crippen MR) is 115 cm³/mol. The third-order valence-electron chi connectivity index (χ3n) is 5.78. The number of carboxylic acids is 2. The summed E-state index contributed by atoms with van der Waals surface area (Å²) in [6.45, 7) is 0.817. The lowest BCUT2D eigenvalue weighted by atomic mass is 9.94. The van der Waals surface area contributed by atoms with Crippen molar-refractivity contribution in [1.29, 1.82) is 0 Å². The summed E-state index contributed by atoms with van der Waals surface area (Å²) in [5.74, 6) is -2.46. The quantitative estimate of drug-likeness (QED) is 0.484. The molecule has 1 atom stereocenters. The molecule has 8 nitrogen and oxygen atoms in total. The fourth-order valence-electron chi connectivity index (χ4n) is 4.14. The van der Waals surface area contributed by atoms with Crippen molar-refractivity contribution < 1.29 is 24.6 Å². The molecule has 0 spiro atoms. The molecule has 1 aliphatic heterocycles. The number of nitrogens with one attached hydrogen (secondary N) is 2. The van der Waals surface area contributed by atoms with Crippen LogP contribution in [0.15, 0.2) is 54.7 Å². The maximum atomic E-state index is 12.4. The first-order chi connectivity index (χ1) is 14.9. The lowest BCUT2D eigenvalue weighted by Crippen LogP contribution is -2.41. The van der Waals surface area contributed by atoms with Gasteiger partial charge in [0.1, 0.15) is 6.04 Å². The summed E-state index contributed by atoms with van der Waals surface area (Å²) >= 11 is 0. The lowest BCUT2D eigenvalue weighted by Gasteiger charge is -2.34. The van der Waals surface area contributed by atoms with Crippen LogP contribution in [0, 0.1) is 5.92 Å². The number of hydrogen-bond acceptors (Lipinski definition) is 4. The van der Waals surface area contributed by atoms with E-state index >= 15 is 0 Å².